The highest BCUT2D eigenvalue weighted by atomic mass is 79.9. The molecule has 24 heavy (non-hydrogen) atoms. The van der Waals surface area contributed by atoms with Gasteiger partial charge in [0.25, 0.3) is 0 Å². The fourth-order valence-corrected chi connectivity index (χ4v) is 3.02. The highest BCUT2D eigenvalue weighted by Crippen LogP contribution is 2.29. The summed E-state index contributed by atoms with van der Waals surface area (Å²) in [5, 5.41) is 4.04. The minimum atomic E-state index is -0.732. The predicted octanol–water partition coefficient (Wildman–Crippen LogP) is 2.90. The molecule has 0 aliphatic carbocycles. The van der Waals surface area contributed by atoms with Crippen LogP contribution in [0.25, 0.3) is 0 Å². The Morgan fingerprint density at radius 2 is 2.17 bits per heavy atom. The molecule has 1 N–H and O–H groups in total. The quantitative estimate of drug-likeness (QED) is 0.626. The molecule has 2 unspecified atom stereocenters. The van der Waals surface area contributed by atoms with E-state index in [9.17, 15) is 9.59 Å². The fraction of sp³-hybridized carbons (Fsp3) is 0.235. The molecule has 3 rings (SSSR count). The van der Waals surface area contributed by atoms with Crippen LogP contribution in [0.3, 0.4) is 0 Å². The van der Waals surface area contributed by atoms with Crippen LogP contribution in [0.15, 0.2) is 56.7 Å². The molecule has 0 bridgehead atoms. The maximum absolute atomic E-state index is 12.9. The first-order valence-electron chi connectivity index (χ1n) is 7.45. The Morgan fingerprint density at radius 3 is 2.83 bits per heavy atom. The van der Waals surface area contributed by atoms with E-state index in [0.717, 1.165) is 4.47 Å². The van der Waals surface area contributed by atoms with Crippen molar-refractivity contribution >= 4 is 33.4 Å². The lowest BCUT2D eigenvalue weighted by molar-refractivity contribution is -0.135. The van der Waals surface area contributed by atoms with Crippen LogP contribution >= 0.6 is 15.9 Å². The number of hydrazone groups is 1. The molecule has 0 saturated carbocycles. The molecule has 0 radical (unpaired) electrons. The second-order valence-corrected chi connectivity index (χ2v) is 6.11. The lowest BCUT2D eigenvalue weighted by Crippen LogP contribution is -2.37. The Hall–Kier alpha value is -2.41. The second-order valence-electron chi connectivity index (χ2n) is 5.19. The van der Waals surface area contributed by atoms with Crippen molar-refractivity contribution in [3.63, 3.8) is 0 Å². The largest absolute Gasteiger partial charge is 0.469 e. The van der Waals surface area contributed by atoms with E-state index < -0.39 is 17.9 Å². The molecular formula is C17H15BrN2O4. The third-order valence-electron chi connectivity index (χ3n) is 3.68. The van der Waals surface area contributed by atoms with Gasteiger partial charge in [-0.2, -0.15) is 5.10 Å². The van der Waals surface area contributed by atoms with Gasteiger partial charge in [0.2, 0.25) is 0 Å². The molecule has 1 aliphatic heterocycles. The van der Waals surface area contributed by atoms with Crippen molar-refractivity contribution in [1.82, 2.24) is 5.43 Å². The van der Waals surface area contributed by atoms with Crippen LogP contribution < -0.4 is 5.43 Å². The molecule has 1 aliphatic rings. The van der Waals surface area contributed by atoms with Gasteiger partial charge >= 0.3 is 5.97 Å². The van der Waals surface area contributed by atoms with Crippen LogP contribution in [0.1, 0.15) is 29.0 Å². The number of nitrogens with zero attached hydrogens (tertiary/aromatic N) is 1. The number of hydrogen-bond acceptors (Lipinski definition) is 6. The van der Waals surface area contributed by atoms with Gasteiger partial charge in [0, 0.05) is 10.0 Å². The van der Waals surface area contributed by atoms with Gasteiger partial charge in [-0.1, -0.05) is 28.1 Å². The maximum Gasteiger partial charge on any atom is 0.355 e. The molecule has 0 saturated heterocycles. The molecule has 0 fully saturated rings. The number of carbonyl (C=O) groups is 2. The number of Topliss-reactive ketones (excluding diaryl/α,β-unsaturated/α-hetero) is 1. The Morgan fingerprint density at radius 1 is 1.33 bits per heavy atom. The molecule has 1 aromatic heterocycles. The summed E-state index contributed by atoms with van der Waals surface area (Å²) in [5.41, 5.74) is 3.42. The molecule has 0 spiro atoms. The van der Waals surface area contributed by atoms with Crippen LogP contribution in [0.2, 0.25) is 0 Å². The van der Waals surface area contributed by atoms with Crippen molar-refractivity contribution in [3.05, 3.63) is 58.5 Å². The van der Waals surface area contributed by atoms with Crippen molar-refractivity contribution in [3.8, 4) is 0 Å². The van der Waals surface area contributed by atoms with Crippen molar-refractivity contribution < 1.29 is 18.7 Å². The molecule has 0 amide bonds. The lowest BCUT2D eigenvalue weighted by Gasteiger charge is -2.17. The minimum Gasteiger partial charge on any atom is -0.469 e. The summed E-state index contributed by atoms with van der Waals surface area (Å²) in [5.74, 6) is -0.887. The van der Waals surface area contributed by atoms with Crippen molar-refractivity contribution in [1.29, 1.82) is 0 Å². The zero-order valence-corrected chi connectivity index (χ0v) is 14.4. The summed E-state index contributed by atoms with van der Waals surface area (Å²) in [6.07, 6.45) is 1.50. The summed E-state index contributed by atoms with van der Waals surface area (Å²) in [4.78, 5) is 25.0. The molecule has 2 atom stereocenters. The average molecular weight is 391 g/mol. The van der Waals surface area contributed by atoms with Crippen LogP contribution in [0.4, 0.5) is 0 Å². The number of halogens is 1. The van der Waals surface area contributed by atoms with Gasteiger partial charge in [0.1, 0.15) is 11.8 Å². The van der Waals surface area contributed by atoms with Crippen LogP contribution in [0, 0.1) is 0 Å². The van der Waals surface area contributed by atoms with E-state index in [-0.39, 0.29) is 18.1 Å². The third kappa shape index (κ3) is 3.12. The summed E-state index contributed by atoms with van der Waals surface area (Å²) in [7, 11) is 0. The van der Waals surface area contributed by atoms with Crippen molar-refractivity contribution in [2.75, 3.05) is 6.61 Å². The molecule has 2 heterocycles. The molecule has 6 nitrogen and oxygen atoms in total. The number of carbonyl (C=O) groups excluding carboxylic acids is 2. The monoisotopic (exact) mass is 390 g/mol. The number of rotatable bonds is 5. The van der Waals surface area contributed by atoms with E-state index in [4.69, 9.17) is 9.15 Å². The van der Waals surface area contributed by atoms with E-state index in [2.05, 4.69) is 26.5 Å². The number of ether oxygens (including phenoxy) is 1. The number of nitrogens with one attached hydrogen (secondary N) is 1. The van der Waals surface area contributed by atoms with Crippen LogP contribution in [0.5, 0.6) is 0 Å². The second kappa shape index (κ2) is 7.00. The minimum absolute atomic E-state index is 0.139. The molecule has 1 aromatic carbocycles. The number of furan rings is 1. The molecular weight excluding hydrogens is 376 g/mol. The summed E-state index contributed by atoms with van der Waals surface area (Å²) in [6, 6.07) is 9.75. The Balaban J connectivity index is 1.93. The van der Waals surface area contributed by atoms with Gasteiger partial charge in [-0.15, -0.1) is 0 Å². The molecule has 124 valence electrons. The first kappa shape index (κ1) is 16.4. The summed E-state index contributed by atoms with van der Waals surface area (Å²) in [6.45, 7) is 1.94. The number of benzene rings is 1. The van der Waals surface area contributed by atoms with E-state index >= 15 is 0 Å². The lowest BCUT2D eigenvalue weighted by atomic mass is 9.88. The number of hydrogen-bond donors (Lipinski definition) is 1. The highest BCUT2D eigenvalue weighted by molar-refractivity contribution is 9.10. The highest BCUT2D eigenvalue weighted by Gasteiger charge is 2.43. The standard InChI is InChI=1S/C17H15BrN2O4/c1-2-23-17(22)15-13(12-7-4-8-24-12)14(19-20-15)16(21)10-5-3-6-11(18)9-10/h3-9,13-14,19H,2H2,1H3. The first-order chi connectivity index (χ1) is 11.6. The van der Waals surface area contributed by atoms with E-state index in [1.54, 1.807) is 37.3 Å². The topological polar surface area (TPSA) is 80.9 Å². The predicted molar refractivity (Wildman–Crippen MR) is 90.9 cm³/mol. The smallest absolute Gasteiger partial charge is 0.355 e. The number of ketones is 1. The van der Waals surface area contributed by atoms with Gasteiger partial charge in [-0.05, 0) is 31.2 Å². The van der Waals surface area contributed by atoms with Crippen molar-refractivity contribution in [2.45, 2.75) is 18.9 Å². The maximum atomic E-state index is 12.9. The zero-order valence-electron chi connectivity index (χ0n) is 12.9. The van der Waals surface area contributed by atoms with Crippen LogP contribution in [-0.2, 0) is 9.53 Å². The van der Waals surface area contributed by atoms with Gasteiger partial charge in [0.05, 0.1) is 18.8 Å². The fourth-order valence-electron chi connectivity index (χ4n) is 2.62. The molecule has 2 aromatic rings. The first-order valence-corrected chi connectivity index (χ1v) is 8.24. The summed E-state index contributed by atoms with van der Waals surface area (Å²) >= 11 is 3.35. The molecule has 7 heteroatoms. The van der Waals surface area contributed by atoms with Gasteiger partial charge < -0.3 is 9.15 Å². The van der Waals surface area contributed by atoms with Gasteiger partial charge in [0.15, 0.2) is 11.5 Å². The normalized spacial score (nSPS) is 19.5. The van der Waals surface area contributed by atoms with E-state index in [1.165, 1.54) is 6.26 Å². The SMILES string of the molecule is CCOC(=O)C1=NNC(C(=O)c2cccc(Br)c2)C1c1ccco1. The Kier molecular flexibility index (Phi) is 4.80. The zero-order chi connectivity index (χ0) is 17.1. The number of esters is 1. The van der Waals surface area contributed by atoms with Crippen molar-refractivity contribution in [2.24, 2.45) is 5.10 Å². The van der Waals surface area contributed by atoms with Crippen LogP contribution in [-0.4, -0.2) is 30.1 Å². The van der Waals surface area contributed by atoms with Gasteiger partial charge in [-0.25, -0.2) is 4.79 Å². The average Bonchev–Trinajstić information content (AvgIpc) is 3.23. The Labute approximate surface area is 147 Å². The van der Waals surface area contributed by atoms with E-state index in [0.29, 0.717) is 11.3 Å². The van der Waals surface area contributed by atoms with Gasteiger partial charge in [-0.3, -0.25) is 10.2 Å². The Bertz CT molecular complexity index is 786. The van der Waals surface area contributed by atoms with E-state index in [1.807, 2.05) is 6.07 Å². The third-order valence-corrected chi connectivity index (χ3v) is 4.17. The summed E-state index contributed by atoms with van der Waals surface area (Å²) < 4.78 is 11.3.